The quantitative estimate of drug-likeness (QED) is 0.208. The number of primary amides is 1. The summed E-state index contributed by atoms with van der Waals surface area (Å²) >= 11 is 0. The van der Waals surface area contributed by atoms with Gasteiger partial charge in [0, 0.05) is 29.8 Å². The van der Waals surface area contributed by atoms with Crippen molar-refractivity contribution in [3.63, 3.8) is 0 Å². The molecule has 0 saturated heterocycles. The summed E-state index contributed by atoms with van der Waals surface area (Å²) < 4.78 is 5.06. The summed E-state index contributed by atoms with van der Waals surface area (Å²) in [7, 11) is 0. The third-order valence-electron chi connectivity index (χ3n) is 4.91. The summed E-state index contributed by atoms with van der Waals surface area (Å²) in [5.41, 5.74) is 14.2. The van der Waals surface area contributed by atoms with Gasteiger partial charge in [0.25, 0.3) is 0 Å². The van der Waals surface area contributed by atoms with Crippen molar-refractivity contribution in [3.05, 3.63) is 101 Å². The number of nitrogens with one attached hydrogen (secondary N) is 1. The minimum absolute atomic E-state index is 0.0177. The maximum absolute atomic E-state index is 12.6. The maximum Gasteiger partial charge on any atom is 0.345 e. The molecule has 0 aliphatic carbocycles. The number of ether oxygens (including phenoxy) is 1. The summed E-state index contributed by atoms with van der Waals surface area (Å²) in [6.07, 6.45) is 0.100. The van der Waals surface area contributed by atoms with Crippen molar-refractivity contribution in [1.29, 1.82) is 0 Å². The van der Waals surface area contributed by atoms with Crippen molar-refractivity contribution in [3.8, 4) is 11.8 Å². The summed E-state index contributed by atoms with van der Waals surface area (Å²) in [5.74, 6) is 3.90. The summed E-state index contributed by atoms with van der Waals surface area (Å²) in [5, 5.41) is 3.03. The van der Waals surface area contributed by atoms with Crippen molar-refractivity contribution in [2.24, 2.45) is 5.73 Å². The van der Waals surface area contributed by atoms with Crippen molar-refractivity contribution in [1.82, 2.24) is 5.32 Å². The number of amides is 1. The Hall–Kier alpha value is -4.41. The van der Waals surface area contributed by atoms with Crippen molar-refractivity contribution >= 4 is 23.5 Å². The molecule has 7 heteroatoms. The number of hydrogen-bond acceptors (Lipinski definition) is 6. The fraction of sp³-hybridized carbons (Fsp3) is 0.148. The molecule has 34 heavy (non-hydrogen) atoms. The van der Waals surface area contributed by atoms with Crippen LogP contribution in [0.2, 0.25) is 0 Å². The van der Waals surface area contributed by atoms with Gasteiger partial charge in [-0.3, -0.25) is 4.79 Å². The van der Waals surface area contributed by atoms with E-state index in [1.165, 1.54) is 12.1 Å². The molecule has 3 aromatic carbocycles. The number of nitrogen functional groups attached to an aromatic ring is 1. The zero-order valence-corrected chi connectivity index (χ0v) is 18.5. The monoisotopic (exact) mass is 455 g/mol. The Morgan fingerprint density at radius 3 is 2.26 bits per heavy atom. The molecule has 5 N–H and O–H groups in total. The first kappa shape index (κ1) is 24.2. The van der Waals surface area contributed by atoms with Gasteiger partial charge in [-0.05, 0) is 54.4 Å². The van der Waals surface area contributed by atoms with Crippen LogP contribution in [-0.2, 0) is 20.9 Å². The van der Waals surface area contributed by atoms with Gasteiger partial charge in [0.1, 0.15) is 6.04 Å². The third kappa shape index (κ3) is 7.62. The molecular formula is C27H25N3O4. The van der Waals surface area contributed by atoms with E-state index < -0.39 is 23.9 Å². The van der Waals surface area contributed by atoms with Crippen LogP contribution in [0.3, 0.4) is 0 Å². The Morgan fingerprint density at radius 1 is 0.882 bits per heavy atom. The summed E-state index contributed by atoms with van der Waals surface area (Å²) in [4.78, 5) is 36.3. The highest BCUT2D eigenvalue weighted by atomic mass is 16.6. The molecule has 0 aliphatic heterocycles. The number of benzene rings is 3. The second-order valence-corrected chi connectivity index (χ2v) is 7.59. The van der Waals surface area contributed by atoms with Gasteiger partial charge >= 0.3 is 11.9 Å². The van der Waals surface area contributed by atoms with Crippen molar-refractivity contribution < 1.29 is 19.1 Å². The van der Waals surface area contributed by atoms with E-state index in [1.54, 1.807) is 24.3 Å². The van der Waals surface area contributed by atoms with E-state index in [0.717, 1.165) is 11.1 Å². The van der Waals surface area contributed by atoms with Gasteiger partial charge < -0.3 is 21.5 Å². The van der Waals surface area contributed by atoms with Crippen LogP contribution >= 0.6 is 0 Å². The van der Waals surface area contributed by atoms with Crippen LogP contribution in [0.15, 0.2) is 78.9 Å². The van der Waals surface area contributed by atoms with E-state index in [0.29, 0.717) is 17.8 Å². The van der Waals surface area contributed by atoms with Gasteiger partial charge in [-0.1, -0.05) is 48.2 Å². The molecule has 0 aliphatic rings. The number of nitrogens with two attached hydrogens (primary N) is 2. The SMILES string of the molecule is NC(=O)CC[C@H](NCc1ccccc1)C(=O)OC(=O)c1ccc(C#Cc2cccc(N)c2)cc1. The van der Waals surface area contributed by atoms with E-state index >= 15 is 0 Å². The fourth-order valence-corrected chi connectivity index (χ4v) is 3.10. The first-order chi connectivity index (χ1) is 16.4. The molecule has 0 saturated carbocycles. The molecule has 0 spiro atoms. The lowest BCUT2D eigenvalue weighted by atomic mass is 10.1. The number of esters is 2. The molecule has 0 aromatic heterocycles. The number of hydrogen-bond donors (Lipinski definition) is 3. The fourth-order valence-electron chi connectivity index (χ4n) is 3.10. The number of carbonyl (C=O) groups is 3. The van der Waals surface area contributed by atoms with E-state index in [9.17, 15) is 14.4 Å². The van der Waals surface area contributed by atoms with E-state index in [2.05, 4.69) is 17.2 Å². The predicted octanol–water partition coefficient (Wildman–Crippen LogP) is 2.78. The number of anilines is 1. The zero-order chi connectivity index (χ0) is 24.3. The van der Waals surface area contributed by atoms with Gasteiger partial charge in [0.15, 0.2) is 0 Å². The van der Waals surface area contributed by atoms with Crippen LogP contribution < -0.4 is 16.8 Å². The smallest absolute Gasteiger partial charge is 0.345 e. The molecule has 0 unspecified atom stereocenters. The lowest BCUT2D eigenvalue weighted by Gasteiger charge is -2.16. The topological polar surface area (TPSA) is 125 Å². The van der Waals surface area contributed by atoms with Crippen LogP contribution in [0.1, 0.15) is 39.9 Å². The molecule has 0 fully saturated rings. The average molecular weight is 456 g/mol. The first-order valence-corrected chi connectivity index (χ1v) is 10.7. The van der Waals surface area contributed by atoms with Gasteiger partial charge in [-0.25, -0.2) is 9.59 Å². The van der Waals surface area contributed by atoms with Gasteiger partial charge in [0.05, 0.1) is 5.56 Å². The molecule has 172 valence electrons. The highest BCUT2D eigenvalue weighted by Gasteiger charge is 2.23. The van der Waals surface area contributed by atoms with Crippen LogP contribution in [0.5, 0.6) is 0 Å². The van der Waals surface area contributed by atoms with Crippen LogP contribution in [0.4, 0.5) is 5.69 Å². The van der Waals surface area contributed by atoms with E-state index in [-0.39, 0.29) is 18.4 Å². The van der Waals surface area contributed by atoms with E-state index in [1.807, 2.05) is 42.5 Å². The summed E-state index contributed by atoms with van der Waals surface area (Å²) in [6, 6.07) is 22.2. The van der Waals surface area contributed by atoms with E-state index in [4.69, 9.17) is 16.2 Å². The second kappa shape index (κ2) is 12.0. The lowest BCUT2D eigenvalue weighted by molar-refractivity contribution is -0.140. The van der Waals surface area contributed by atoms with Gasteiger partial charge in [-0.15, -0.1) is 0 Å². The number of carbonyl (C=O) groups excluding carboxylic acids is 3. The Balaban J connectivity index is 1.62. The van der Waals surface area contributed by atoms with Crippen LogP contribution in [0, 0.1) is 11.8 Å². The zero-order valence-electron chi connectivity index (χ0n) is 18.5. The second-order valence-electron chi connectivity index (χ2n) is 7.59. The van der Waals surface area contributed by atoms with Gasteiger partial charge in [0.2, 0.25) is 5.91 Å². The highest BCUT2D eigenvalue weighted by Crippen LogP contribution is 2.10. The first-order valence-electron chi connectivity index (χ1n) is 10.7. The highest BCUT2D eigenvalue weighted by molar-refractivity contribution is 5.98. The largest absolute Gasteiger partial charge is 0.399 e. The Labute approximate surface area is 198 Å². The average Bonchev–Trinajstić information content (AvgIpc) is 2.83. The molecule has 3 aromatic rings. The molecule has 3 rings (SSSR count). The van der Waals surface area contributed by atoms with Crippen molar-refractivity contribution in [2.75, 3.05) is 5.73 Å². The number of rotatable bonds is 8. The molecule has 0 bridgehead atoms. The molecule has 7 nitrogen and oxygen atoms in total. The Bertz CT molecular complexity index is 1210. The minimum atomic E-state index is -0.861. The van der Waals surface area contributed by atoms with Crippen LogP contribution in [-0.4, -0.2) is 23.9 Å². The third-order valence-corrected chi connectivity index (χ3v) is 4.91. The summed E-state index contributed by atoms with van der Waals surface area (Å²) in [6.45, 7) is 0.369. The Morgan fingerprint density at radius 2 is 1.59 bits per heavy atom. The normalized spacial score (nSPS) is 11.1. The standard InChI is InChI=1S/C27H25N3O4/c28-23-8-4-7-20(17-23)10-9-19-11-13-22(14-12-19)26(32)34-27(33)24(15-16-25(29)31)30-18-21-5-2-1-3-6-21/h1-8,11-14,17,24,30H,15-16,18,28H2,(H2,29,31)/t24-/m0/s1. The van der Waals surface area contributed by atoms with Crippen LogP contribution in [0.25, 0.3) is 0 Å². The van der Waals surface area contributed by atoms with Crippen molar-refractivity contribution in [2.45, 2.75) is 25.4 Å². The molecule has 0 heterocycles. The lowest BCUT2D eigenvalue weighted by Crippen LogP contribution is -2.39. The molecule has 1 atom stereocenters. The maximum atomic E-state index is 12.6. The Kier molecular flexibility index (Phi) is 8.55. The van der Waals surface area contributed by atoms with Gasteiger partial charge in [-0.2, -0.15) is 0 Å². The molecule has 1 amide bonds. The molecule has 0 radical (unpaired) electrons. The minimum Gasteiger partial charge on any atom is -0.399 e. The molecular weight excluding hydrogens is 430 g/mol. The predicted molar refractivity (Wildman–Crippen MR) is 129 cm³/mol.